The molecular weight excluding hydrogens is 210 g/mol. The fraction of sp³-hybridized carbons (Fsp3) is 0.600. The number of benzene rings is 1. The lowest BCUT2D eigenvalue weighted by atomic mass is 9.88. The lowest BCUT2D eigenvalue weighted by Gasteiger charge is -2.29. The van der Waals surface area contributed by atoms with Crippen molar-refractivity contribution >= 4 is 0 Å². The summed E-state index contributed by atoms with van der Waals surface area (Å²) >= 11 is 0. The number of nitrogens with one attached hydrogen (secondary N) is 1. The summed E-state index contributed by atoms with van der Waals surface area (Å²) in [6.07, 6.45) is 6.88. The van der Waals surface area contributed by atoms with Crippen LogP contribution in [-0.2, 0) is 12.0 Å². The van der Waals surface area contributed by atoms with Gasteiger partial charge >= 0.3 is 0 Å². The molecule has 0 aliphatic heterocycles. The molecule has 17 heavy (non-hydrogen) atoms. The molecule has 0 aromatic heterocycles. The van der Waals surface area contributed by atoms with E-state index in [1.165, 1.54) is 24.8 Å². The summed E-state index contributed by atoms with van der Waals surface area (Å²) in [5.41, 5.74) is 1.85. The number of aliphatic hydroxyl groups is 1. The van der Waals surface area contributed by atoms with Crippen molar-refractivity contribution in [1.29, 1.82) is 0 Å². The maximum Gasteiger partial charge on any atom is 0.102 e. The van der Waals surface area contributed by atoms with Crippen molar-refractivity contribution < 1.29 is 5.11 Å². The molecule has 3 rings (SSSR count). The molecule has 0 heterocycles. The van der Waals surface area contributed by atoms with E-state index in [-0.39, 0.29) is 0 Å². The van der Waals surface area contributed by atoms with Gasteiger partial charge in [0.15, 0.2) is 0 Å². The second kappa shape index (κ2) is 4.43. The third-order valence-electron chi connectivity index (χ3n) is 4.07. The molecule has 1 aromatic carbocycles. The molecule has 2 aliphatic rings. The van der Waals surface area contributed by atoms with E-state index in [4.69, 9.17) is 0 Å². The largest absolute Gasteiger partial charge is 0.384 e. The fourth-order valence-corrected chi connectivity index (χ4v) is 2.84. The monoisotopic (exact) mass is 231 g/mol. The fourth-order valence-electron chi connectivity index (χ4n) is 2.84. The number of hydrogen-bond donors (Lipinski definition) is 2. The Balaban J connectivity index is 1.85. The van der Waals surface area contributed by atoms with Crippen LogP contribution in [0.15, 0.2) is 24.3 Å². The van der Waals surface area contributed by atoms with Crippen molar-refractivity contribution in [3.63, 3.8) is 0 Å². The standard InChI is InChI=1S/C15H21NO/c17-15(11-16-13-8-9-13)10-4-3-6-12-5-1-2-7-14(12)15/h1-2,5,7,13,16-17H,3-4,6,8-11H2. The quantitative estimate of drug-likeness (QED) is 0.783. The van der Waals surface area contributed by atoms with Crippen molar-refractivity contribution in [2.45, 2.75) is 50.2 Å². The second-order valence-electron chi connectivity index (χ2n) is 5.55. The second-order valence-corrected chi connectivity index (χ2v) is 5.55. The summed E-state index contributed by atoms with van der Waals surface area (Å²) in [5.74, 6) is 0. The van der Waals surface area contributed by atoms with Gasteiger partial charge in [-0.15, -0.1) is 0 Å². The maximum absolute atomic E-state index is 10.9. The Kier molecular flexibility index (Phi) is 2.93. The van der Waals surface area contributed by atoms with Gasteiger partial charge in [0.2, 0.25) is 0 Å². The molecule has 0 bridgehead atoms. The lowest BCUT2D eigenvalue weighted by Crippen LogP contribution is -2.39. The minimum absolute atomic E-state index is 0.643. The first-order valence-electron chi connectivity index (χ1n) is 6.82. The van der Waals surface area contributed by atoms with Crippen LogP contribution in [-0.4, -0.2) is 17.7 Å². The zero-order valence-electron chi connectivity index (χ0n) is 10.3. The van der Waals surface area contributed by atoms with Crippen molar-refractivity contribution in [2.24, 2.45) is 0 Å². The van der Waals surface area contributed by atoms with Crippen LogP contribution in [0, 0.1) is 0 Å². The van der Waals surface area contributed by atoms with Crippen LogP contribution in [0.5, 0.6) is 0 Å². The average Bonchev–Trinajstić information content (AvgIpc) is 3.16. The summed E-state index contributed by atoms with van der Waals surface area (Å²) in [5, 5.41) is 14.4. The molecule has 1 aromatic rings. The highest BCUT2D eigenvalue weighted by Crippen LogP contribution is 2.34. The number of rotatable bonds is 3. The molecular formula is C15H21NO. The Morgan fingerprint density at radius 3 is 2.88 bits per heavy atom. The summed E-state index contributed by atoms with van der Waals surface area (Å²) in [7, 11) is 0. The first-order valence-corrected chi connectivity index (χ1v) is 6.82. The van der Waals surface area contributed by atoms with Crippen LogP contribution < -0.4 is 5.32 Å². The molecule has 1 fully saturated rings. The van der Waals surface area contributed by atoms with Crippen molar-refractivity contribution in [1.82, 2.24) is 5.32 Å². The zero-order chi connectivity index (χ0) is 11.7. The van der Waals surface area contributed by atoms with Gasteiger partial charge in [0, 0.05) is 12.6 Å². The minimum Gasteiger partial charge on any atom is -0.384 e. The van der Waals surface area contributed by atoms with E-state index in [0.717, 1.165) is 24.8 Å². The Labute approximate surface area is 103 Å². The highest BCUT2D eigenvalue weighted by Gasteiger charge is 2.34. The Morgan fingerprint density at radius 1 is 1.24 bits per heavy atom. The van der Waals surface area contributed by atoms with Crippen LogP contribution in [0.25, 0.3) is 0 Å². The molecule has 0 spiro atoms. The molecule has 2 N–H and O–H groups in total. The Bertz CT molecular complexity index is 400. The van der Waals surface area contributed by atoms with Gasteiger partial charge in [0.25, 0.3) is 0 Å². The first kappa shape index (κ1) is 11.2. The van der Waals surface area contributed by atoms with E-state index in [2.05, 4.69) is 23.5 Å². The predicted molar refractivity (Wildman–Crippen MR) is 68.9 cm³/mol. The average molecular weight is 231 g/mol. The summed E-state index contributed by atoms with van der Waals surface area (Å²) in [6, 6.07) is 9.07. The van der Waals surface area contributed by atoms with E-state index in [0.29, 0.717) is 12.6 Å². The molecule has 0 saturated heterocycles. The maximum atomic E-state index is 10.9. The van der Waals surface area contributed by atoms with Gasteiger partial charge < -0.3 is 10.4 Å². The summed E-state index contributed by atoms with van der Waals surface area (Å²) in [6.45, 7) is 0.717. The summed E-state index contributed by atoms with van der Waals surface area (Å²) in [4.78, 5) is 0. The molecule has 2 nitrogen and oxygen atoms in total. The molecule has 1 saturated carbocycles. The molecule has 92 valence electrons. The summed E-state index contributed by atoms with van der Waals surface area (Å²) < 4.78 is 0. The van der Waals surface area contributed by atoms with Crippen molar-refractivity contribution in [3.8, 4) is 0 Å². The van der Waals surface area contributed by atoms with E-state index >= 15 is 0 Å². The van der Waals surface area contributed by atoms with Gasteiger partial charge in [-0.25, -0.2) is 0 Å². The Hall–Kier alpha value is -0.860. The number of aryl methyl sites for hydroxylation is 1. The lowest BCUT2D eigenvalue weighted by molar-refractivity contribution is 0.0269. The first-order chi connectivity index (χ1) is 8.28. The highest BCUT2D eigenvalue weighted by atomic mass is 16.3. The number of hydrogen-bond acceptors (Lipinski definition) is 2. The van der Waals surface area contributed by atoms with E-state index < -0.39 is 5.60 Å². The van der Waals surface area contributed by atoms with Gasteiger partial charge in [-0.05, 0) is 49.7 Å². The van der Waals surface area contributed by atoms with E-state index in [1.54, 1.807) is 0 Å². The zero-order valence-corrected chi connectivity index (χ0v) is 10.3. The van der Waals surface area contributed by atoms with Crippen LogP contribution in [0.1, 0.15) is 43.2 Å². The molecule has 0 amide bonds. The van der Waals surface area contributed by atoms with Crippen molar-refractivity contribution in [2.75, 3.05) is 6.54 Å². The molecule has 2 heteroatoms. The third-order valence-corrected chi connectivity index (χ3v) is 4.07. The molecule has 1 unspecified atom stereocenters. The topological polar surface area (TPSA) is 32.3 Å². The van der Waals surface area contributed by atoms with Gasteiger partial charge in [0.1, 0.15) is 5.60 Å². The van der Waals surface area contributed by atoms with Gasteiger partial charge in [-0.3, -0.25) is 0 Å². The molecule has 2 aliphatic carbocycles. The highest BCUT2D eigenvalue weighted by molar-refractivity contribution is 5.34. The van der Waals surface area contributed by atoms with Crippen molar-refractivity contribution in [3.05, 3.63) is 35.4 Å². The van der Waals surface area contributed by atoms with Crippen LogP contribution in [0.3, 0.4) is 0 Å². The Morgan fingerprint density at radius 2 is 2.06 bits per heavy atom. The smallest absolute Gasteiger partial charge is 0.102 e. The van der Waals surface area contributed by atoms with Gasteiger partial charge in [-0.2, -0.15) is 0 Å². The van der Waals surface area contributed by atoms with Crippen LogP contribution in [0.2, 0.25) is 0 Å². The normalized spacial score (nSPS) is 28.5. The SMILES string of the molecule is OC1(CNC2CC2)CCCCc2ccccc21. The van der Waals surface area contributed by atoms with Crippen LogP contribution >= 0.6 is 0 Å². The molecule has 0 radical (unpaired) electrons. The number of fused-ring (bicyclic) bond motifs is 1. The van der Waals surface area contributed by atoms with Gasteiger partial charge in [0.05, 0.1) is 0 Å². The molecule has 1 atom stereocenters. The van der Waals surface area contributed by atoms with E-state index in [9.17, 15) is 5.11 Å². The minimum atomic E-state index is -0.643. The van der Waals surface area contributed by atoms with Gasteiger partial charge in [-0.1, -0.05) is 24.3 Å². The van der Waals surface area contributed by atoms with Crippen LogP contribution in [0.4, 0.5) is 0 Å². The van der Waals surface area contributed by atoms with E-state index in [1.807, 2.05) is 6.07 Å². The third kappa shape index (κ3) is 2.38. The predicted octanol–water partition coefficient (Wildman–Crippen LogP) is 2.35.